The fourth-order valence-corrected chi connectivity index (χ4v) is 4.52. The lowest BCUT2D eigenvalue weighted by molar-refractivity contribution is -0.137. The zero-order chi connectivity index (χ0) is 29.4. The summed E-state index contributed by atoms with van der Waals surface area (Å²) in [5.41, 5.74) is 1.81. The number of esters is 1. The summed E-state index contributed by atoms with van der Waals surface area (Å²) in [5, 5.41) is 3.45. The normalized spacial score (nSPS) is 14.9. The van der Waals surface area contributed by atoms with Gasteiger partial charge in [0, 0.05) is 43.4 Å². The molecule has 3 aromatic carbocycles. The summed E-state index contributed by atoms with van der Waals surface area (Å²) in [5.74, 6) is -0.415. The van der Waals surface area contributed by atoms with Crippen LogP contribution < -0.4 is 5.32 Å². The Bertz CT molecular complexity index is 1290. The van der Waals surface area contributed by atoms with Crippen molar-refractivity contribution in [3.8, 4) is 0 Å². The Morgan fingerprint density at radius 2 is 1.56 bits per heavy atom. The number of alkyl halides is 3. The van der Waals surface area contributed by atoms with Crippen molar-refractivity contribution in [2.75, 3.05) is 44.6 Å². The Balaban J connectivity index is 1.32. The number of anilines is 1. The van der Waals surface area contributed by atoms with Crippen LogP contribution in [0.2, 0.25) is 5.02 Å². The first-order chi connectivity index (χ1) is 19.6. The average molecular weight is 590 g/mol. The highest BCUT2D eigenvalue weighted by Gasteiger charge is 2.30. The van der Waals surface area contributed by atoms with Crippen LogP contribution in [0.25, 0.3) is 0 Å². The molecule has 1 fully saturated rings. The zero-order valence-electron chi connectivity index (χ0n) is 22.5. The number of nitrogens with one attached hydrogen (secondary N) is 1. The maximum absolute atomic E-state index is 12.9. The van der Waals surface area contributed by atoms with E-state index in [9.17, 15) is 22.8 Å². The minimum absolute atomic E-state index is 0.142. The highest BCUT2D eigenvalue weighted by molar-refractivity contribution is 6.30. The quantitative estimate of drug-likeness (QED) is 0.283. The molecule has 3 aromatic rings. The summed E-state index contributed by atoms with van der Waals surface area (Å²) < 4.78 is 49.9. The van der Waals surface area contributed by atoms with E-state index in [1.165, 1.54) is 12.1 Å². The number of halogens is 4. The van der Waals surface area contributed by atoms with Crippen LogP contribution in [0.5, 0.6) is 0 Å². The molecule has 1 N–H and O–H groups in total. The van der Waals surface area contributed by atoms with Crippen molar-refractivity contribution in [2.24, 2.45) is 0 Å². The summed E-state index contributed by atoms with van der Waals surface area (Å²) in [4.78, 5) is 28.5. The molecule has 4 rings (SSSR count). The molecule has 0 radical (unpaired) electrons. The molecule has 2 amide bonds. The second-order valence-electron chi connectivity index (χ2n) is 9.56. The molecule has 7 nitrogen and oxygen atoms in total. The van der Waals surface area contributed by atoms with Gasteiger partial charge < -0.3 is 19.7 Å². The maximum Gasteiger partial charge on any atom is 0.416 e. The van der Waals surface area contributed by atoms with Crippen molar-refractivity contribution >= 4 is 29.3 Å². The summed E-state index contributed by atoms with van der Waals surface area (Å²) in [6.45, 7) is 4.93. The van der Waals surface area contributed by atoms with Crippen LogP contribution in [0.3, 0.4) is 0 Å². The maximum atomic E-state index is 12.9. The van der Waals surface area contributed by atoms with Gasteiger partial charge in [0.05, 0.1) is 30.4 Å². The van der Waals surface area contributed by atoms with Gasteiger partial charge in [-0.05, 0) is 66.6 Å². The molecule has 0 aliphatic carbocycles. The first-order valence-corrected chi connectivity index (χ1v) is 13.6. The van der Waals surface area contributed by atoms with Gasteiger partial charge in [0.2, 0.25) is 0 Å². The zero-order valence-corrected chi connectivity index (χ0v) is 23.3. The standard InChI is InChI=1S/C30H31ClF3N3O4/c1-2-40-28(38)23-7-13-26(14-8-23)35-29(39)37-17-15-36(16-18-37)19-27(22-5-11-25(31)12-6-22)41-20-21-3-9-24(10-4-21)30(32,33)34/h3-14,27H,2,15-20H2,1H3,(H,35,39)/t27-/m0/s1. The largest absolute Gasteiger partial charge is 0.462 e. The molecule has 1 heterocycles. The van der Waals surface area contributed by atoms with E-state index in [2.05, 4.69) is 10.2 Å². The molecule has 41 heavy (non-hydrogen) atoms. The number of nitrogens with zero attached hydrogens (tertiary/aromatic N) is 2. The van der Waals surface area contributed by atoms with Crippen molar-refractivity contribution in [1.82, 2.24) is 9.80 Å². The number of carbonyl (C=O) groups is 2. The van der Waals surface area contributed by atoms with Gasteiger partial charge in [-0.2, -0.15) is 13.2 Å². The number of urea groups is 1. The Kier molecular flexibility index (Phi) is 10.3. The van der Waals surface area contributed by atoms with Crippen LogP contribution in [0.4, 0.5) is 23.7 Å². The Labute approximate surface area is 241 Å². The number of amides is 2. The second kappa shape index (κ2) is 13.8. The topological polar surface area (TPSA) is 71.1 Å². The van der Waals surface area contributed by atoms with Crippen LogP contribution in [0.1, 0.15) is 40.1 Å². The van der Waals surface area contributed by atoms with Crippen LogP contribution in [-0.2, 0) is 22.3 Å². The number of hydrogen-bond acceptors (Lipinski definition) is 5. The van der Waals surface area contributed by atoms with Gasteiger partial charge in [-0.3, -0.25) is 4.90 Å². The monoisotopic (exact) mass is 589 g/mol. The highest BCUT2D eigenvalue weighted by Crippen LogP contribution is 2.30. The molecule has 0 bridgehead atoms. The molecule has 1 aliphatic heterocycles. The van der Waals surface area contributed by atoms with Crippen LogP contribution in [0.15, 0.2) is 72.8 Å². The molecule has 0 aromatic heterocycles. The number of hydrogen-bond donors (Lipinski definition) is 1. The number of carbonyl (C=O) groups excluding carboxylic acids is 2. The van der Waals surface area contributed by atoms with E-state index in [4.69, 9.17) is 21.1 Å². The lowest BCUT2D eigenvalue weighted by Crippen LogP contribution is -2.50. The molecule has 0 saturated carbocycles. The summed E-state index contributed by atoms with van der Waals surface area (Å²) in [6, 6.07) is 18.5. The van der Waals surface area contributed by atoms with E-state index < -0.39 is 17.7 Å². The van der Waals surface area contributed by atoms with Gasteiger partial charge in [-0.15, -0.1) is 0 Å². The SMILES string of the molecule is CCOC(=O)c1ccc(NC(=O)N2CCN(C[C@H](OCc3ccc(C(F)(F)F)cc3)c3ccc(Cl)cc3)CC2)cc1. The van der Waals surface area contributed by atoms with Crippen molar-refractivity contribution < 1.29 is 32.2 Å². The molecule has 1 aliphatic rings. The molecule has 1 saturated heterocycles. The van der Waals surface area contributed by atoms with E-state index >= 15 is 0 Å². The number of rotatable bonds is 9. The van der Waals surface area contributed by atoms with E-state index in [-0.39, 0.29) is 25.3 Å². The third-order valence-electron chi connectivity index (χ3n) is 6.71. The fraction of sp³-hybridized carbons (Fsp3) is 0.333. The van der Waals surface area contributed by atoms with Gasteiger partial charge in [0.25, 0.3) is 0 Å². The molecule has 11 heteroatoms. The van der Waals surface area contributed by atoms with Crippen molar-refractivity contribution in [3.05, 3.63) is 100 Å². The first kappa shape index (κ1) is 30.4. The van der Waals surface area contributed by atoms with Crippen molar-refractivity contribution in [3.63, 3.8) is 0 Å². The molecule has 1 atom stereocenters. The van der Waals surface area contributed by atoms with Gasteiger partial charge >= 0.3 is 18.2 Å². The summed E-state index contributed by atoms with van der Waals surface area (Å²) in [7, 11) is 0. The second-order valence-corrected chi connectivity index (χ2v) is 10.00. The smallest absolute Gasteiger partial charge is 0.416 e. The lowest BCUT2D eigenvalue weighted by Gasteiger charge is -2.36. The minimum Gasteiger partial charge on any atom is -0.462 e. The molecule has 0 spiro atoms. The Morgan fingerprint density at radius 1 is 0.927 bits per heavy atom. The van der Waals surface area contributed by atoms with Gasteiger partial charge in [0.15, 0.2) is 0 Å². The van der Waals surface area contributed by atoms with Crippen molar-refractivity contribution in [2.45, 2.75) is 25.8 Å². The summed E-state index contributed by atoms with van der Waals surface area (Å²) >= 11 is 6.06. The van der Waals surface area contributed by atoms with Gasteiger partial charge in [-0.1, -0.05) is 35.9 Å². The first-order valence-electron chi connectivity index (χ1n) is 13.2. The summed E-state index contributed by atoms with van der Waals surface area (Å²) in [6.07, 6.45) is -4.74. The number of piperazine rings is 1. The number of benzene rings is 3. The van der Waals surface area contributed by atoms with Gasteiger partial charge in [-0.25, -0.2) is 9.59 Å². The molecular formula is C30H31ClF3N3O4. The number of ether oxygens (including phenoxy) is 2. The average Bonchev–Trinajstić information content (AvgIpc) is 2.96. The molecular weight excluding hydrogens is 559 g/mol. The van der Waals surface area contributed by atoms with E-state index in [1.54, 1.807) is 48.2 Å². The van der Waals surface area contributed by atoms with Crippen LogP contribution in [-0.4, -0.2) is 61.1 Å². The molecule has 218 valence electrons. The van der Waals surface area contributed by atoms with Crippen LogP contribution >= 0.6 is 11.6 Å². The fourth-order valence-electron chi connectivity index (χ4n) is 4.39. The van der Waals surface area contributed by atoms with E-state index in [1.807, 2.05) is 12.1 Å². The minimum atomic E-state index is -4.39. The van der Waals surface area contributed by atoms with E-state index in [0.29, 0.717) is 54.6 Å². The van der Waals surface area contributed by atoms with Crippen molar-refractivity contribution in [1.29, 1.82) is 0 Å². The highest BCUT2D eigenvalue weighted by atomic mass is 35.5. The Hall–Kier alpha value is -3.60. The predicted molar refractivity (Wildman–Crippen MR) is 150 cm³/mol. The van der Waals surface area contributed by atoms with E-state index in [0.717, 1.165) is 17.7 Å². The van der Waals surface area contributed by atoms with Gasteiger partial charge in [0.1, 0.15) is 0 Å². The lowest BCUT2D eigenvalue weighted by atomic mass is 10.1. The third-order valence-corrected chi connectivity index (χ3v) is 6.96. The molecule has 0 unspecified atom stereocenters. The third kappa shape index (κ3) is 8.69. The predicted octanol–water partition coefficient (Wildman–Crippen LogP) is 6.64. The Morgan fingerprint density at radius 3 is 2.15 bits per heavy atom. The van der Waals surface area contributed by atoms with Crippen LogP contribution in [0, 0.1) is 0 Å².